The van der Waals surface area contributed by atoms with Crippen molar-refractivity contribution >= 4 is 5.91 Å². The van der Waals surface area contributed by atoms with E-state index in [-0.39, 0.29) is 29.8 Å². The number of nitrogens with one attached hydrogen (secondary N) is 1. The highest BCUT2D eigenvalue weighted by Crippen LogP contribution is 2.21. The van der Waals surface area contributed by atoms with Gasteiger partial charge < -0.3 is 10.4 Å². The van der Waals surface area contributed by atoms with E-state index in [0.29, 0.717) is 6.54 Å². The van der Waals surface area contributed by atoms with Gasteiger partial charge in [-0.1, -0.05) is 12.1 Å². The van der Waals surface area contributed by atoms with E-state index in [1.165, 1.54) is 12.1 Å². The lowest BCUT2D eigenvalue weighted by Crippen LogP contribution is -2.50. The summed E-state index contributed by atoms with van der Waals surface area (Å²) in [6.45, 7) is 5.74. The van der Waals surface area contributed by atoms with E-state index in [4.69, 9.17) is 0 Å². The Morgan fingerprint density at radius 1 is 1.41 bits per heavy atom. The second kappa shape index (κ2) is 7.70. The summed E-state index contributed by atoms with van der Waals surface area (Å²) in [5.74, 6) is -0.0717. The van der Waals surface area contributed by atoms with Crippen LogP contribution in [0, 0.1) is 11.7 Å². The third kappa shape index (κ3) is 4.52. The second-order valence-electron chi connectivity index (χ2n) is 6.16. The predicted molar refractivity (Wildman–Crippen MR) is 83.7 cm³/mol. The number of rotatable bonds is 5. The van der Waals surface area contributed by atoms with Crippen LogP contribution in [0.2, 0.25) is 0 Å². The Kier molecular flexibility index (Phi) is 5.91. The molecule has 0 saturated carbocycles. The van der Waals surface area contributed by atoms with E-state index in [2.05, 4.69) is 10.2 Å². The lowest BCUT2D eigenvalue weighted by molar-refractivity contribution is -0.127. The lowest BCUT2D eigenvalue weighted by atomic mass is 9.92. The first-order chi connectivity index (χ1) is 10.5. The molecule has 1 aliphatic heterocycles. The molecule has 4 nitrogen and oxygen atoms in total. The first kappa shape index (κ1) is 16.9. The van der Waals surface area contributed by atoms with Crippen molar-refractivity contribution in [3.05, 3.63) is 35.6 Å². The predicted octanol–water partition coefficient (Wildman–Crippen LogP) is 1.92. The number of carbonyl (C=O) groups excluding carboxylic acids is 1. The maximum atomic E-state index is 12.8. The van der Waals surface area contributed by atoms with Crippen LogP contribution in [-0.2, 0) is 11.3 Å². The third-order valence-electron chi connectivity index (χ3n) is 4.48. The fourth-order valence-corrected chi connectivity index (χ4v) is 2.89. The molecule has 2 N–H and O–H groups in total. The minimum absolute atomic E-state index is 0.0319. The Balaban J connectivity index is 1.84. The number of aliphatic hydroxyl groups excluding tert-OH is 1. The van der Waals surface area contributed by atoms with Crippen LogP contribution in [0.4, 0.5) is 4.39 Å². The fraction of sp³-hybridized carbons (Fsp3) is 0.588. The number of nitrogens with zero attached hydrogens (tertiary/aromatic N) is 1. The van der Waals surface area contributed by atoms with Crippen molar-refractivity contribution in [1.82, 2.24) is 10.2 Å². The largest absolute Gasteiger partial charge is 0.393 e. The summed E-state index contributed by atoms with van der Waals surface area (Å²) in [7, 11) is 0. The summed E-state index contributed by atoms with van der Waals surface area (Å²) in [6.07, 6.45) is 1.68. The number of likely N-dealkylation sites (tertiary alicyclic amines) is 1. The van der Waals surface area contributed by atoms with Gasteiger partial charge in [0.05, 0.1) is 12.1 Å². The summed E-state index contributed by atoms with van der Waals surface area (Å²) in [5.41, 5.74) is 0.877. The van der Waals surface area contributed by atoms with Crippen LogP contribution in [0.5, 0.6) is 0 Å². The van der Waals surface area contributed by atoms with Gasteiger partial charge in [0.1, 0.15) is 5.82 Å². The molecule has 1 aromatic rings. The van der Waals surface area contributed by atoms with Crippen LogP contribution in [0.25, 0.3) is 0 Å². The van der Waals surface area contributed by atoms with Crippen molar-refractivity contribution in [2.45, 2.75) is 45.4 Å². The van der Waals surface area contributed by atoms with Crippen LogP contribution >= 0.6 is 0 Å². The number of halogens is 1. The average Bonchev–Trinajstić information content (AvgIpc) is 2.53. The van der Waals surface area contributed by atoms with Crippen molar-refractivity contribution in [2.24, 2.45) is 5.92 Å². The van der Waals surface area contributed by atoms with Gasteiger partial charge in [0, 0.05) is 13.1 Å². The van der Waals surface area contributed by atoms with E-state index in [1.807, 2.05) is 13.8 Å². The van der Waals surface area contributed by atoms with E-state index in [9.17, 15) is 14.3 Å². The molecule has 3 unspecified atom stereocenters. The van der Waals surface area contributed by atoms with Crippen LogP contribution in [-0.4, -0.2) is 41.1 Å². The number of hydrogen-bond donors (Lipinski definition) is 2. The summed E-state index contributed by atoms with van der Waals surface area (Å²) < 4.78 is 12.8. The molecule has 0 spiro atoms. The molecule has 22 heavy (non-hydrogen) atoms. The van der Waals surface area contributed by atoms with Crippen LogP contribution in [0.15, 0.2) is 24.3 Å². The van der Waals surface area contributed by atoms with Gasteiger partial charge in [-0.3, -0.25) is 9.69 Å². The number of benzene rings is 1. The highest BCUT2D eigenvalue weighted by Gasteiger charge is 2.29. The van der Waals surface area contributed by atoms with E-state index in [1.54, 1.807) is 12.1 Å². The van der Waals surface area contributed by atoms with Crippen molar-refractivity contribution in [2.75, 3.05) is 13.1 Å². The van der Waals surface area contributed by atoms with Gasteiger partial charge in [0.15, 0.2) is 0 Å². The number of carbonyl (C=O) groups is 1. The van der Waals surface area contributed by atoms with Gasteiger partial charge in [-0.15, -0.1) is 0 Å². The molecule has 122 valence electrons. The zero-order valence-electron chi connectivity index (χ0n) is 13.3. The minimum atomic E-state index is -0.336. The fourth-order valence-electron chi connectivity index (χ4n) is 2.89. The molecule has 0 radical (unpaired) electrons. The SMILES string of the molecule is CC(O)C1CCCN(C(C)C(=O)NCc2ccc(F)cc2)C1. The van der Waals surface area contributed by atoms with E-state index < -0.39 is 0 Å². The highest BCUT2D eigenvalue weighted by molar-refractivity contribution is 5.81. The molecule has 5 heteroatoms. The van der Waals surface area contributed by atoms with Crippen molar-refractivity contribution in [3.63, 3.8) is 0 Å². The molecule has 2 rings (SSSR count). The topological polar surface area (TPSA) is 52.6 Å². The molecule has 0 aromatic heterocycles. The van der Waals surface area contributed by atoms with Crippen LogP contribution in [0.1, 0.15) is 32.3 Å². The zero-order valence-corrected chi connectivity index (χ0v) is 13.3. The van der Waals surface area contributed by atoms with Gasteiger partial charge in [0.2, 0.25) is 5.91 Å². The number of piperidine rings is 1. The molecule has 0 bridgehead atoms. The molecular formula is C17H25FN2O2. The molecule has 3 atom stereocenters. The maximum Gasteiger partial charge on any atom is 0.237 e. The van der Waals surface area contributed by atoms with Gasteiger partial charge in [-0.2, -0.15) is 0 Å². The van der Waals surface area contributed by atoms with Gasteiger partial charge in [-0.05, 0) is 56.8 Å². The average molecular weight is 308 g/mol. The van der Waals surface area contributed by atoms with E-state index >= 15 is 0 Å². The second-order valence-corrected chi connectivity index (χ2v) is 6.16. The lowest BCUT2D eigenvalue weighted by Gasteiger charge is -2.37. The van der Waals surface area contributed by atoms with E-state index in [0.717, 1.165) is 31.5 Å². The van der Waals surface area contributed by atoms with Crippen molar-refractivity contribution in [1.29, 1.82) is 0 Å². The Morgan fingerprint density at radius 2 is 2.09 bits per heavy atom. The number of aliphatic hydroxyl groups is 1. The molecule has 1 saturated heterocycles. The quantitative estimate of drug-likeness (QED) is 0.874. The number of hydrogen-bond acceptors (Lipinski definition) is 3. The Hall–Kier alpha value is -1.46. The van der Waals surface area contributed by atoms with Crippen molar-refractivity contribution < 1.29 is 14.3 Å². The highest BCUT2D eigenvalue weighted by atomic mass is 19.1. The minimum Gasteiger partial charge on any atom is -0.393 e. The summed E-state index contributed by atoms with van der Waals surface area (Å²) in [5, 5.41) is 12.6. The molecule has 1 aromatic carbocycles. The van der Waals surface area contributed by atoms with Gasteiger partial charge >= 0.3 is 0 Å². The van der Waals surface area contributed by atoms with Gasteiger partial charge in [0.25, 0.3) is 0 Å². The smallest absolute Gasteiger partial charge is 0.237 e. The first-order valence-corrected chi connectivity index (χ1v) is 7.91. The Labute approximate surface area is 131 Å². The molecule has 1 fully saturated rings. The summed E-state index contributed by atoms with van der Waals surface area (Å²) in [6, 6.07) is 5.91. The van der Waals surface area contributed by atoms with Crippen molar-refractivity contribution in [3.8, 4) is 0 Å². The summed E-state index contributed by atoms with van der Waals surface area (Å²) >= 11 is 0. The Bertz CT molecular complexity index is 490. The molecule has 1 amide bonds. The molecular weight excluding hydrogens is 283 g/mol. The normalized spacial score (nSPS) is 22.1. The number of amides is 1. The molecule has 0 aliphatic carbocycles. The Morgan fingerprint density at radius 3 is 2.73 bits per heavy atom. The molecule has 1 heterocycles. The van der Waals surface area contributed by atoms with Gasteiger partial charge in [-0.25, -0.2) is 4.39 Å². The monoisotopic (exact) mass is 308 g/mol. The standard InChI is InChI=1S/C17H25FN2O2/c1-12(20-9-3-4-15(11-20)13(2)21)17(22)19-10-14-5-7-16(18)8-6-14/h5-8,12-13,15,21H,3-4,9-11H2,1-2H3,(H,19,22). The summed E-state index contributed by atoms with van der Waals surface area (Å²) in [4.78, 5) is 14.4. The first-order valence-electron chi connectivity index (χ1n) is 7.91. The zero-order chi connectivity index (χ0) is 16.1. The third-order valence-corrected chi connectivity index (χ3v) is 4.48. The maximum absolute atomic E-state index is 12.8. The van der Waals surface area contributed by atoms with Crippen LogP contribution < -0.4 is 5.32 Å². The molecule has 1 aliphatic rings. The van der Waals surface area contributed by atoms with Crippen LogP contribution in [0.3, 0.4) is 0 Å².